The first kappa shape index (κ1) is 16.6. The summed E-state index contributed by atoms with van der Waals surface area (Å²) in [5, 5.41) is 11.0. The minimum atomic E-state index is -3.76. The fourth-order valence-electron chi connectivity index (χ4n) is 1.21. The maximum absolute atomic E-state index is 11.6. The monoisotopic (exact) mass is 312 g/mol. The molecule has 1 rings (SSSR count). The van der Waals surface area contributed by atoms with Crippen LogP contribution in [0.3, 0.4) is 0 Å². The molecule has 0 aliphatic rings. The highest BCUT2D eigenvalue weighted by molar-refractivity contribution is 7.89. The molecule has 2 amide bonds. The van der Waals surface area contributed by atoms with Gasteiger partial charge < -0.3 is 10.3 Å². The van der Waals surface area contributed by atoms with Gasteiger partial charge in [0.2, 0.25) is 10.0 Å². The van der Waals surface area contributed by atoms with Crippen molar-refractivity contribution in [2.45, 2.75) is 4.90 Å². The smallest absolute Gasteiger partial charge is 0.308 e. The Bertz CT molecular complexity index is 651. The van der Waals surface area contributed by atoms with Crippen LogP contribution in [0.2, 0.25) is 0 Å². The second-order valence-corrected chi connectivity index (χ2v) is 5.57. The lowest BCUT2D eigenvalue weighted by atomic mass is 10.3. The van der Waals surface area contributed by atoms with Gasteiger partial charge in [-0.2, -0.15) is 0 Å². The Hall–Kier alpha value is -2.43. The summed E-state index contributed by atoms with van der Waals surface area (Å²) in [4.78, 5) is 15.3. The molecule has 0 saturated heterocycles. The fraction of sp³-hybridized carbons (Fsp3) is 0.0909. The molecular weight excluding hydrogens is 296 g/mol. The van der Waals surface area contributed by atoms with Gasteiger partial charge in [0, 0.05) is 12.7 Å². The first-order valence-corrected chi connectivity index (χ1v) is 7.14. The van der Waals surface area contributed by atoms with E-state index in [4.69, 9.17) is 11.0 Å². The SMILES string of the molecule is C=C(N=CN(C)N)NC(=O)Nc1ccc(S(N)(=O)=O)cc1. The molecule has 10 heteroatoms. The van der Waals surface area contributed by atoms with E-state index < -0.39 is 16.1 Å². The van der Waals surface area contributed by atoms with E-state index in [0.717, 1.165) is 0 Å². The number of hydrazine groups is 1. The average Bonchev–Trinajstić information content (AvgIpc) is 2.35. The number of urea groups is 1. The summed E-state index contributed by atoms with van der Waals surface area (Å²) in [6, 6.07) is 4.78. The van der Waals surface area contributed by atoms with Gasteiger partial charge in [-0.25, -0.2) is 29.2 Å². The molecule has 1 aromatic carbocycles. The Labute approximate surface area is 122 Å². The fourth-order valence-corrected chi connectivity index (χ4v) is 1.73. The normalized spacial score (nSPS) is 11.2. The van der Waals surface area contributed by atoms with Gasteiger partial charge in [-0.3, -0.25) is 5.32 Å². The summed E-state index contributed by atoms with van der Waals surface area (Å²) in [6.07, 6.45) is 1.27. The number of anilines is 1. The molecule has 0 radical (unpaired) electrons. The number of nitrogens with zero attached hydrogens (tertiary/aromatic N) is 2. The highest BCUT2D eigenvalue weighted by atomic mass is 32.2. The molecule has 0 saturated carbocycles. The number of nitrogens with two attached hydrogens (primary N) is 2. The Morgan fingerprint density at radius 2 is 1.95 bits per heavy atom. The van der Waals surface area contributed by atoms with E-state index >= 15 is 0 Å². The molecule has 0 atom stereocenters. The van der Waals surface area contributed by atoms with Crippen LogP contribution in [-0.2, 0) is 10.0 Å². The number of sulfonamides is 1. The Kier molecular flexibility index (Phi) is 5.41. The van der Waals surface area contributed by atoms with Crippen molar-refractivity contribution in [3.63, 3.8) is 0 Å². The summed E-state index contributed by atoms with van der Waals surface area (Å²) in [5.74, 6) is 5.39. The number of hydrogen-bond acceptors (Lipinski definition) is 5. The summed E-state index contributed by atoms with van der Waals surface area (Å²) in [6.45, 7) is 3.51. The number of nitrogens with one attached hydrogen (secondary N) is 2. The van der Waals surface area contributed by atoms with Crippen molar-refractivity contribution in [1.29, 1.82) is 0 Å². The van der Waals surface area contributed by atoms with E-state index in [9.17, 15) is 13.2 Å². The van der Waals surface area contributed by atoms with Crippen LogP contribution in [0.1, 0.15) is 0 Å². The highest BCUT2D eigenvalue weighted by Gasteiger charge is 2.08. The highest BCUT2D eigenvalue weighted by Crippen LogP contribution is 2.12. The largest absolute Gasteiger partial charge is 0.324 e. The van der Waals surface area contributed by atoms with Gasteiger partial charge in [0.1, 0.15) is 12.2 Å². The summed E-state index contributed by atoms with van der Waals surface area (Å²) >= 11 is 0. The number of rotatable bonds is 5. The molecule has 1 aromatic rings. The third-order valence-corrected chi connectivity index (χ3v) is 3.02. The minimum Gasteiger partial charge on any atom is -0.308 e. The van der Waals surface area contributed by atoms with Crippen LogP contribution in [0.4, 0.5) is 10.5 Å². The zero-order valence-corrected chi connectivity index (χ0v) is 12.1. The van der Waals surface area contributed by atoms with Gasteiger partial charge in [0.05, 0.1) is 4.90 Å². The Morgan fingerprint density at radius 3 is 2.43 bits per heavy atom. The van der Waals surface area contributed by atoms with E-state index in [1.807, 2.05) is 0 Å². The molecule has 9 nitrogen and oxygen atoms in total. The second-order valence-electron chi connectivity index (χ2n) is 4.01. The molecule has 21 heavy (non-hydrogen) atoms. The average molecular weight is 312 g/mol. The van der Waals surface area contributed by atoms with Crippen LogP contribution >= 0.6 is 0 Å². The first-order chi connectivity index (χ1) is 9.68. The lowest BCUT2D eigenvalue weighted by molar-refractivity contribution is 0.254. The predicted octanol–water partition coefficient (Wildman–Crippen LogP) is -0.239. The Morgan fingerprint density at radius 1 is 1.38 bits per heavy atom. The molecule has 0 heterocycles. The van der Waals surface area contributed by atoms with E-state index in [1.165, 1.54) is 35.6 Å². The summed E-state index contributed by atoms with van der Waals surface area (Å²) in [7, 11) is -2.20. The van der Waals surface area contributed by atoms with Crippen molar-refractivity contribution in [2.24, 2.45) is 16.0 Å². The number of benzene rings is 1. The molecule has 114 valence electrons. The standard InChI is InChI=1S/C11H16N6O3S/c1-8(14-7-17(2)12)15-11(18)16-9-3-5-10(6-4-9)21(13,19)20/h3-7H,1,12H2,2H3,(H2,13,19,20)(H2,15,16,18). The zero-order chi connectivity index (χ0) is 16.0. The first-order valence-electron chi connectivity index (χ1n) is 5.60. The van der Waals surface area contributed by atoms with Crippen molar-refractivity contribution >= 4 is 28.1 Å². The molecule has 0 aliphatic heterocycles. The lowest BCUT2D eigenvalue weighted by Crippen LogP contribution is -2.28. The van der Waals surface area contributed by atoms with Gasteiger partial charge in [-0.1, -0.05) is 6.58 Å². The number of primary sulfonamides is 1. The minimum absolute atomic E-state index is 0.0477. The number of carbonyl (C=O) groups excluding carboxylic acids is 1. The third kappa shape index (κ3) is 6.03. The molecule has 0 aromatic heterocycles. The lowest BCUT2D eigenvalue weighted by Gasteiger charge is -2.08. The molecule has 0 fully saturated rings. The van der Waals surface area contributed by atoms with Gasteiger partial charge in [0.15, 0.2) is 0 Å². The van der Waals surface area contributed by atoms with Crippen LogP contribution in [0, 0.1) is 0 Å². The van der Waals surface area contributed by atoms with E-state index in [0.29, 0.717) is 5.69 Å². The van der Waals surface area contributed by atoms with Gasteiger partial charge >= 0.3 is 6.03 Å². The maximum Gasteiger partial charge on any atom is 0.324 e. The van der Waals surface area contributed by atoms with Crippen LogP contribution in [0.15, 0.2) is 46.6 Å². The summed E-state index contributed by atoms with van der Waals surface area (Å²) < 4.78 is 22.2. The summed E-state index contributed by atoms with van der Waals surface area (Å²) in [5.41, 5.74) is 0.382. The number of aliphatic imine (C=N–C) groups is 1. The quantitative estimate of drug-likeness (QED) is 0.257. The van der Waals surface area contributed by atoms with E-state index in [2.05, 4.69) is 22.2 Å². The van der Waals surface area contributed by atoms with Crippen LogP contribution in [0.25, 0.3) is 0 Å². The van der Waals surface area contributed by atoms with Crippen LogP contribution < -0.4 is 21.6 Å². The zero-order valence-electron chi connectivity index (χ0n) is 11.3. The van der Waals surface area contributed by atoms with Crippen molar-refractivity contribution < 1.29 is 13.2 Å². The molecule has 0 aliphatic carbocycles. The number of amides is 2. The topological polar surface area (TPSA) is 143 Å². The van der Waals surface area contributed by atoms with Crippen molar-refractivity contribution in [3.05, 3.63) is 36.7 Å². The Balaban J connectivity index is 2.61. The number of hydrogen-bond donors (Lipinski definition) is 4. The predicted molar refractivity (Wildman–Crippen MR) is 79.6 cm³/mol. The molecule has 0 unspecified atom stereocenters. The molecule has 0 spiro atoms. The van der Waals surface area contributed by atoms with Gasteiger partial charge in [0.25, 0.3) is 0 Å². The van der Waals surface area contributed by atoms with Crippen molar-refractivity contribution in [3.8, 4) is 0 Å². The van der Waals surface area contributed by atoms with Crippen LogP contribution in [0.5, 0.6) is 0 Å². The molecular formula is C11H16N6O3S. The van der Waals surface area contributed by atoms with E-state index in [-0.39, 0.29) is 10.7 Å². The molecule has 6 N–H and O–H groups in total. The maximum atomic E-state index is 11.6. The second kappa shape index (κ2) is 6.83. The van der Waals surface area contributed by atoms with Gasteiger partial charge in [-0.15, -0.1) is 0 Å². The van der Waals surface area contributed by atoms with Crippen molar-refractivity contribution in [1.82, 2.24) is 10.3 Å². The van der Waals surface area contributed by atoms with Gasteiger partial charge in [-0.05, 0) is 24.3 Å². The van der Waals surface area contributed by atoms with E-state index in [1.54, 1.807) is 7.05 Å². The number of carbonyl (C=O) groups is 1. The molecule has 0 bridgehead atoms. The van der Waals surface area contributed by atoms with Crippen molar-refractivity contribution in [2.75, 3.05) is 12.4 Å². The third-order valence-electron chi connectivity index (χ3n) is 2.09. The van der Waals surface area contributed by atoms with Crippen LogP contribution in [-0.4, -0.2) is 32.8 Å².